The third kappa shape index (κ3) is 3.78. The Bertz CT molecular complexity index is 1040. The summed E-state index contributed by atoms with van der Waals surface area (Å²) in [6.45, 7) is 6.11. The highest BCUT2D eigenvalue weighted by molar-refractivity contribution is 6.30. The van der Waals surface area contributed by atoms with Crippen molar-refractivity contribution in [3.05, 3.63) is 74.4 Å². The van der Waals surface area contributed by atoms with Crippen LogP contribution in [0.25, 0.3) is 11.0 Å². The standard InChI is InChI=1S/C20H18ClNO4/c1-11(2)15-9-16-13(7-19(23)26-18(16)6-12(15)3)10-25-20(24)17-8-14(21)4-5-22-17/h4-9,11H,10H2,1-3H3. The molecule has 0 bridgehead atoms. The van der Waals surface area contributed by atoms with Crippen LogP contribution in [0.15, 0.2) is 45.7 Å². The van der Waals surface area contributed by atoms with Gasteiger partial charge in [-0.25, -0.2) is 14.6 Å². The summed E-state index contributed by atoms with van der Waals surface area (Å²) in [4.78, 5) is 28.0. The predicted octanol–water partition coefficient (Wildman–Crippen LogP) is 4.63. The molecule has 0 aliphatic heterocycles. The van der Waals surface area contributed by atoms with Gasteiger partial charge >= 0.3 is 11.6 Å². The highest BCUT2D eigenvalue weighted by atomic mass is 35.5. The molecule has 134 valence electrons. The summed E-state index contributed by atoms with van der Waals surface area (Å²) in [5.41, 5.74) is 2.90. The lowest BCUT2D eigenvalue weighted by molar-refractivity contribution is 0.0467. The van der Waals surface area contributed by atoms with Crippen molar-refractivity contribution in [1.29, 1.82) is 0 Å². The van der Waals surface area contributed by atoms with E-state index in [0.717, 1.165) is 16.5 Å². The molecule has 0 aliphatic rings. The summed E-state index contributed by atoms with van der Waals surface area (Å²) in [6.07, 6.45) is 1.43. The van der Waals surface area contributed by atoms with E-state index in [2.05, 4.69) is 18.8 Å². The van der Waals surface area contributed by atoms with Gasteiger partial charge in [-0.05, 0) is 48.2 Å². The highest BCUT2D eigenvalue weighted by Gasteiger charge is 2.14. The van der Waals surface area contributed by atoms with E-state index >= 15 is 0 Å². The molecule has 0 aliphatic carbocycles. The second kappa shape index (κ2) is 7.30. The monoisotopic (exact) mass is 371 g/mol. The smallest absolute Gasteiger partial charge is 0.357 e. The van der Waals surface area contributed by atoms with Crippen LogP contribution in [0.3, 0.4) is 0 Å². The number of carbonyl (C=O) groups excluding carboxylic acids is 1. The predicted molar refractivity (Wildman–Crippen MR) is 99.7 cm³/mol. The first-order valence-corrected chi connectivity index (χ1v) is 8.59. The van der Waals surface area contributed by atoms with Crippen LogP contribution < -0.4 is 5.63 Å². The molecule has 1 aromatic carbocycles. The Balaban J connectivity index is 1.95. The maximum absolute atomic E-state index is 12.2. The van der Waals surface area contributed by atoms with Crippen LogP contribution in [-0.2, 0) is 11.3 Å². The van der Waals surface area contributed by atoms with E-state index in [0.29, 0.717) is 22.1 Å². The van der Waals surface area contributed by atoms with Gasteiger partial charge in [0.15, 0.2) is 0 Å². The van der Waals surface area contributed by atoms with Gasteiger partial charge in [0.25, 0.3) is 0 Å². The van der Waals surface area contributed by atoms with Crippen molar-refractivity contribution in [2.75, 3.05) is 0 Å². The minimum Gasteiger partial charge on any atom is -0.456 e. The Morgan fingerprint density at radius 3 is 2.73 bits per heavy atom. The van der Waals surface area contributed by atoms with Gasteiger partial charge in [-0.3, -0.25) is 0 Å². The maximum atomic E-state index is 12.2. The van der Waals surface area contributed by atoms with E-state index in [-0.39, 0.29) is 12.3 Å². The number of hydrogen-bond acceptors (Lipinski definition) is 5. The molecule has 2 aromatic heterocycles. The minimum absolute atomic E-state index is 0.0598. The molecule has 2 heterocycles. The first kappa shape index (κ1) is 18.1. The molecule has 6 heteroatoms. The summed E-state index contributed by atoms with van der Waals surface area (Å²) in [6, 6.07) is 8.18. The van der Waals surface area contributed by atoms with E-state index in [1.165, 1.54) is 18.3 Å². The first-order chi connectivity index (χ1) is 12.3. The number of nitrogens with zero attached hydrogens (tertiary/aromatic N) is 1. The van der Waals surface area contributed by atoms with Crippen LogP contribution >= 0.6 is 11.6 Å². The summed E-state index contributed by atoms with van der Waals surface area (Å²) in [5.74, 6) is -0.289. The maximum Gasteiger partial charge on any atom is 0.357 e. The van der Waals surface area contributed by atoms with E-state index < -0.39 is 11.6 Å². The second-order valence-corrected chi connectivity index (χ2v) is 6.82. The zero-order chi connectivity index (χ0) is 18.8. The SMILES string of the molecule is Cc1cc2oc(=O)cc(COC(=O)c3cc(Cl)ccn3)c2cc1C(C)C. The summed E-state index contributed by atoms with van der Waals surface area (Å²) < 4.78 is 10.6. The van der Waals surface area contributed by atoms with Crippen molar-refractivity contribution in [3.63, 3.8) is 0 Å². The van der Waals surface area contributed by atoms with Crippen molar-refractivity contribution in [1.82, 2.24) is 4.98 Å². The quantitative estimate of drug-likeness (QED) is 0.494. The number of pyridine rings is 1. The highest BCUT2D eigenvalue weighted by Crippen LogP contribution is 2.27. The fourth-order valence-corrected chi connectivity index (χ4v) is 3.03. The first-order valence-electron chi connectivity index (χ1n) is 8.21. The Morgan fingerprint density at radius 2 is 2.04 bits per heavy atom. The lowest BCUT2D eigenvalue weighted by atomic mass is 9.95. The summed E-state index contributed by atoms with van der Waals surface area (Å²) in [5, 5.41) is 1.15. The molecule has 0 saturated carbocycles. The molecule has 0 fully saturated rings. The Morgan fingerprint density at radius 1 is 1.27 bits per heavy atom. The van der Waals surface area contributed by atoms with Crippen LogP contribution in [0.1, 0.15) is 46.9 Å². The van der Waals surface area contributed by atoms with Crippen LogP contribution in [0.5, 0.6) is 0 Å². The Hall–Kier alpha value is -2.66. The zero-order valence-corrected chi connectivity index (χ0v) is 15.5. The second-order valence-electron chi connectivity index (χ2n) is 6.39. The van der Waals surface area contributed by atoms with Gasteiger partial charge in [0.1, 0.15) is 17.9 Å². The van der Waals surface area contributed by atoms with Crippen molar-refractivity contribution in [2.45, 2.75) is 33.3 Å². The minimum atomic E-state index is -0.606. The molecule has 0 radical (unpaired) electrons. The van der Waals surface area contributed by atoms with Gasteiger partial charge in [-0.1, -0.05) is 25.4 Å². The summed E-state index contributed by atoms with van der Waals surface area (Å²) in [7, 11) is 0. The number of ether oxygens (including phenoxy) is 1. The molecule has 5 nitrogen and oxygen atoms in total. The van der Waals surface area contributed by atoms with Gasteiger partial charge in [0.2, 0.25) is 0 Å². The van der Waals surface area contributed by atoms with Crippen molar-refractivity contribution >= 4 is 28.5 Å². The van der Waals surface area contributed by atoms with Crippen molar-refractivity contribution in [2.24, 2.45) is 0 Å². The van der Waals surface area contributed by atoms with Crippen LogP contribution in [0.4, 0.5) is 0 Å². The molecule has 26 heavy (non-hydrogen) atoms. The molecule has 0 amide bonds. The van der Waals surface area contributed by atoms with Crippen molar-refractivity contribution in [3.8, 4) is 0 Å². The van der Waals surface area contributed by atoms with E-state index in [1.54, 1.807) is 6.07 Å². The van der Waals surface area contributed by atoms with E-state index in [1.807, 2.05) is 19.1 Å². The fourth-order valence-electron chi connectivity index (χ4n) is 2.87. The number of carbonyl (C=O) groups is 1. The molecule has 0 N–H and O–H groups in total. The van der Waals surface area contributed by atoms with Crippen molar-refractivity contribution < 1.29 is 13.9 Å². The molecular formula is C20H18ClNO4. The number of fused-ring (bicyclic) bond motifs is 1. The van der Waals surface area contributed by atoms with Gasteiger partial charge in [-0.15, -0.1) is 0 Å². The van der Waals surface area contributed by atoms with Crippen LogP contribution in [0.2, 0.25) is 5.02 Å². The number of benzene rings is 1. The number of rotatable bonds is 4. The Kier molecular flexibility index (Phi) is 5.09. The fraction of sp³-hybridized carbons (Fsp3) is 0.250. The third-order valence-corrected chi connectivity index (χ3v) is 4.36. The normalized spacial score (nSPS) is 11.1. The van der Waals surface area contributed by atoms with Gasteiger partial charge in [0.05, 0.1) is 0 Å². The molecule has 0 saturated heterocycles. The molecule has 3 aromatic rings. The van der Waals surface area contributed by atoms with Gasteiger partial charge < -0.3 is 9.15 Å². The third-order valence-electron chi connectivity index (χ3n) is 4.13. The molecule has 3 rings (SSSR count). The van der Waals surface area contributed by atoms with Crippen LogP contribution in [0, 0.1) is 6.92 Å². The largest absolute Gasteiger partial charge is 0.456 e. The number of aromatic nitrogens is 1. The number of aryl methyl sites for hydroxylation is 1. The van der Waals surface area contributed by atoms with Crippen LogP contribution in [-0.4, -0.2) is 11.0 Å². The Labute approximate surface area is 155 Å². The lowest BCUT2D eigenvalue weighted by Crippen LogP contribution is -2.09. The molecule has 0 atom stereocenters. The topological polar surface area (TPSA) is 69.4 Å². The summed E-state index contributed by atoms with van der Waals surface area (Å²) >= 11 is 5.87. The van der Waals surface area contributed by atoms with Gasteiger partial charge in [-0.2, -0.15) is 0 Å². The molecule has 0 spiro atoms. The zero-order valence-electron chi connectivity index (χ0n) is 14.7. The lowest BCUT2D eigenvalue weighted by Gasteiger charge is -2.13. The number of esters is 1. The van der Waals surface area contributed by atoms with E-state index in [4.69, 9.17) is 20.8 Å². The number of hydrogen-bond donors (Lipinski definition) is 0. The molecular weight excluding hydrogens is 354 g/mol. The average molecular weight is 372 g/mol. The average Bonchev–Trinajstić information content (AvgIpc) is 2.58. The van der Waals surface area contributed by atoms with Gasteiger partial charge in [0, 0.05) is 28.2 Å². The number of halogens is 1. The molecule has 0 unspecified atom stereocenters. The van der Waals surface area contributed by atoms with E-state index in [9.17, 15) is 9.59 Å².